The smallest absolute Gasteiger partial charge is 0.309 e. The first-order valence-corrected chi connectivity index (χ1v) is 14.1. The predicted molar refractivity (Wildman–Crippen MR) is 149 cm³/mol. The average Bonchev–Trinajstić information content (AvgIpc) is 3.35. The topological polar surface area (TPSA) is 117 Å². The fourth-order valence-electron chi connectivity index (χ4n) is 4.69. The molecule has 0 bridgehead atoms. The van der Waals surface area contributed by atoms with Crippen molar-refractivity contribution in [3.05, 3.63) is 52.9 Å². The van der Waals surface area contributed by atoms with Crippen molar-refractivity contribution in [2.24, 2.45) is 5.92 Å². The zero-order chi connectivity index (χ0) is 27.3. The van der Waals surface area contributed by atoms with Crippen LogP contribution in [0.5, 0.6) is 0 Å². The number of rotatable bonds is 9. The Morgan fingerprint density at radius 3 is 2.66 bits per heavy atom. The largest absolute Gasteiger partial charge is 0.460 e. The van der Waals surface area contributed by atoms with E-state index in [0.717, 1.165) is 46.6 Å². The zero-order valence-electron chi connectivity index (χ0n) is 22.7. The number of aryl methyl sites for hydroxylation is 2. The van der Waals surface area contributed by atoms with Crippen molar-refractivity contribution in [3.63, 3.8) is 0 Å². The third-order valence-corrected chi connectivity index (χ3v) is 7.87. The summed E-state index contributed by atoms with van der Waals surface area (Å²) < 4.78 is 5.55. The number of aliphatic hydroxyl groups excluding tert-OH is 1. The van der Waals surface area contributed by atoms with Crippen LogP contribution in [0.1, 0.15) is 75.6 Å². The molecule has 1 saturated carbocycles. The first kappa shape index (κ1) is 28.1. The number of hydrogen-bond donors (Lipinski definition) is 3. The molecule has 0 amide bonds. The molecular weight excluding hydrogens is 500 g/mol. The summed E-state index contributed by atoms with van der Waals surface area (Å²) in [6.07, 6.45) is 8.11. The van der Waals surface area contributed by atoms with E-state index in [1.807, 2.05) is 52.1 Å². The van der Waals surface area contributed by atoms with Crippen LogP contribution in [0.3, 0.4) is 0 Å². The molecule has 3 aromatic rings. The number of anilines is 2. The molecule has 1 aromatic carbocycles. The summed E-state index contributed by atoms with van der Waals surface area (Å²) in [6.45, 7) is 7.84. The van der Waals surface area contributed by atoms with E-state index in [9.17, 15) is 9.90 Å². The standard InChI is InChI=1S/C29H38N4O4S/c1-19-15-21(17-23(16-19)33-27-30-13-10-22(32-27)7-5-6-14-34)24-18-31-26(38-24)29(36)11-8-20(9-12-29)25(35)37-28(2,3)4/h10,13,15-18,20,34,36H,5-9,11-12,14H2,1-4H3,(H,30,32,33). The number of carbonyl (C=O) groups excluding carboxylic acids is 1. The second kappa shape index (κ2) is 11.9. The van der Waals surface area contributed by atoms with Crippen LogP contribution < -0.4 is 5.32 Å². The molecule has 204 valence electrons. The summed E-state index contributed by atoms with van der Waals surface area (Å²) in [4.78, 5) is 27.0. The van der Waals surface area contributed by atoms with Gasteiger partial charge in [0.25, 0.3) is 0 Å². The van der Waals surface area contributed by atoms with Crippen LogP contribution in [0.15, 0.2) is 36.7 Å². The normalized spacial score (nSPS) is 19.8. The molecule has 0 unspecified atom stereocenters. The fraction of sp³-hybridized carbons (Fsp3) is 0.517. The molecule has 2 heterocycles. The van der Waals surface area contributed by atoms with Crippen LogP contribution >= 0.6 is 11.3 Å². The predicted octanol–water partition coefficient (Wildman–Crippen LogP) is 5.69. The van der Waals surface area contributed by atoms with Gasteiger partial charge in [0.15, 0.2) is 0 Å². The van der Waals surface area contributed by atoms with Crippen LogP contribution in [0.25, 0.3) is 10.4 Å². The van der Waals surface area contributed by atoms with Gasteiger partial charge in [0.05, 0.1) is 10.8 Å². The van der Waals surface area contributed by atoms with Gasteiger partial charge in [-0.3, -0.25) is 4.79 Å². The fourth-order valence-corrected chi connectivity index (χ4v) is 5.74. The van der Waals surface area contributed by atoms with E-state index in [1.165, 1.54) is 11.3 Å². The van der Waals surface area contributed by atoms with Crippen molar-refractivity contribution in [1.82, 2.24) is 15.0 Å². The molecule has 0 saturated heterocycles. The first-order chi connectivity index (χ1) is 18.0. The Labute approximate surface area is 228 Å². The van der Waals surface area contributed by atoms with Gasteiger partial charge in [0.1, 0.15) is 16.2 Å². The Balaban J connectivity index is 1.45. The highest BCUT2D eigenvalue weighted by molar-refractivity contribution is 7.15. The molecular formula is C29H38N4O4S. The van der Waals surface area contributed by atoms with Gasteiger partial charge in [-0.15, -0.1) is 11.3 Å². The Hall–Kier alpha value is -2.88. The summed E-state index contributed by atoms with van der Waals surface area (Å²) in [5.74, 6) is 0.165. The lowest BCUT2D eigenvalue weighted by Gasteiger charge is -2.34. The number of aliphatic hydroxyl groups is 2. The third kappa shape index (κ3) is 7.36. The van der Waals surface area contributed by atoms with E-state index >= 15 is 0 Å². The lowest BCUT2D eigenvalue weighted by atomic mass is 9.79. The molecule has 1 fully saturated rings. The van der Waals surface area contributed by atoms with E-state index in [2.05, 4.69) is 26.3 Å². The Bertz CT molecular complexity index is 1250. The number of esters is 1. The zero-order valence-corrected chi connectivity index (χ0v) is 23.5. The molecule has 9 heteroatoms. The summed E-state index contributed by atoms with van der Waals surface area (Å²) in [5.41, 5.74) is 2.35. The summed E-state index contributed by atoms with van der Waals surface area (Å²) in [5, 5.41) is 24.4. The average molecular weight is 539 g/mol. The van der Waals surface area contributed by atoms with Crippen molar-refractivity contribution in [3.8, 4) is 10.4 Å². The number of unbranched alkanes of at least 4 members (excludes halogenated alkanes) is 1. The molecule has 0 spiro atoms. The number of hydrogen-bond acceptors (Lipinski definition) is 9. The van der Waals surface area contributed by atoms with E-state index < -0.39 is 11.2 Å². The van der Waals surface area contributed by atoms with Crippen LogP contribution in [0.2, 0.25) is 0 Å². The van der Waals surface area contributed by atoms with Crippen molar-refractivity contribution in [2.45, 2.75) is 83.8 Å². The molecule has 1 aliphatic carbocycles. The lowest BCUT2D eigenvalue weighted by Crippen LogP contribution is -2.36. The van der Waals surface area contributed by atoms with Gasteiger partial charge in [-0.25, -0.2) is 15.0 Å². The van der Waals surface area contributed by atoms with E-state index in [4.69, 9.17) is 9.84 Å². The quantitative estimate of drug-likeness (QED) is 0.235. The van der Waals surface area contributed by atoms with Gasteiger partial charge in [-0.05, 0) is 102 Å². The van der Waals surface area contributed by atoms with Gasteiger partial charge in [0, 0.05) is 30.4 Å². The Morgan fingerprint density at radius 1 is 1.18 bits per heavy atom. The van der Waals surface area contributed by atoms with Crippen LogP contribution in [-0.4, -0.2) is 43.3 Å². The maximum atomic E-state index is 12.5. The minimum absolute atomic E-state index is 0.182. The maximum Gasteiger partial charge on any atom is 0.309 e. The highest BCUT2D eigenvalue weighted by atomic mass is 32.1. The molecule has 4 rings (SSSR count). The molecule has 0 atom stereocenters. The van der Waals surface area contributed by atoms with Crippen LogP contribution in [-0.2, 0) is 21.6 Å². The number of benzene rings is 1. The van der Waals surface area contributed by atoms with E-state index in [0.29, 0.717) is 36.6 Å². The van der Waals surface area contributed by atoms with Crippen molar-refractivity contribution in [1.29, 1.82) is 0 Å². The number of nitrogens with zero attached hydrogens (tertiary/aromatic N) is 3. The number of nitrogens with one attached hydrogen (secondary N) is 1. The van der Waals surface area contributed by atoms with Gasteiger partial charge in [-0.1, -0.05) is 6.07 Å². The van der Waals surface area contributed by atoms with Crippen LogP contribution in [0, 0.1) is 12.8 Å². The minimum Gasteiger partial charge on any atom is -0.460 e. The van der Waals surface area contributed by atoms with Crippen molar-refractivity contribution < 1.29 is 19.7 Å². The molecule has 2 aromatic heterocycles. The summed E-state index contributed by atoms with van der Waals surface area (Å²) >= 11 is 1.49. The van der Waals surface area contributed by atoms with Crippen LogP contribution in [0.4, 0.5) is 11.6 Å². The molecule has 0 radical (unpaired) electrons. The van der Waals surface area contributed by atoms with Gasteiger partial charge in [-0.2, -0.15) is 0 Å². The number of aromatic nitrogens is 3. The number of ether oxygens (including phenoxy) is 1. The SMILES string of the molecule is Cc1cc(Nc2nccc(CCCCO)n2)cc(-c2cnc(C3(O)CCC(C(=O)OC(C)(C)C)CC3)s2)c1. The van der Waals surface area contributed by atoms with Gasteiger partial charge < -0.3 is 20.3 Å². The molecule has 8 nitrogen and oxygen atoms in total. The van der Waals surface area contributed by atoms with Gasteiger partial charge >= 0.3 is 5.97 Å². The first-order valence-electron chi connectivity index (χ1n) is 13.3. The lowest BCUT2D eigenvalue weighted by molar-refractivity contribution is -0.163. The summed E-state index contributed by atoms with van der Waals surface area (Å²) in [6, 6.07) is 8.07. The molecule has 38 heavy (non-hydrogen) atoms. The Morgan fingerprint density at radius 2 is 1.95 bits per heavy atom. The highest BCUT2D eigenvalue weighted by Crippen LogP contribution is 2.43. The second-order valence-corrected chi connectivity index (χ2v) is 12.2. The maximum absolute atomic E-state index is 12.5. The molecule has 3 N–H and O–H groups in total. The monoisotopic (exact) mass is 538 g/mol. The molecule has 0 aliphatic heterocycles. The van der Waals surface area contributed by atoms with Crippen molar-refractivity contribution >= 4 is 28.9 Å². The van der Waals surface area contributed by atoms with Crippen molar-refractivity contribution in [2.75, 3.05) is 11.9 Å². The van der Waals surface area contributed by atoms with E-state index in [-0.39, 0.29) is 18.5 Å². The third-order valence-electron chi connectivity index (χ3n) is 6.63. The van der Waals surface area contributed by atoms with Gasteiger partial charge in [0.2, 0.25) is 5.95 Å². The number of carbonyl (C=O) groups is 1. The number of thiazole rings is 1. The summed E-state index contributed by atoms with van der Waals surface area (Å²) in [7, 11) is 0. The highest BCUT2D eigenvalue weighted by Gasteiger charge is 2.40. The Kier molecular flexibility index (Phi) is 8.80. The molecule has 1 aliphatic rings. The second-order valence-electron chi connectivity index (χ2n) is 11.1. The minimum atomic E-state index is -1.03. The van der Waals surface area contributed by atoms with E-state index in [1.54, 1.807) is 6.20 Å².